The highest BCUT2D eigenvalue weighted by molar-refractivity contribution is 6.35. The lowest BCUT2D eigenvalue weighted by Crippen LogP contribution is -2.29. The standard InChI is InChI=1S/C33H29Cl3N2O3/c1-33(2,3)21-13-20(12-19-8-10-22(34)11-9-19)31-27(14-21)30(26-6-4-5-7-28(26)38-31)32(40)41-18-29(39)37-25-16-23(35)15-24(36)17-25/h4-12,15-17,21H,13-14,18H2,1-3H3,(H,37,39)/b20-12+/t21-/m0/s1. The predicted molar refractivity (Wildman–Crippen MR) is 168 cm³/mol. The number of amides is 1. The molecule has 1 amide bonds. The van der Waals surface area contributed by atoms with E-state index in [-0.39, 0.29) is 11.3 Å². The maximum atomic E-state index is 13.7. The molecule has 0 fully saturated rings. The van der Waals surface area contributed by atoms with Crippen molar-refractivity contribution in [3.8, 4) is 0 Å². The first-order valence-corrected chi connectivity index (χ1v) is 14.4. The van der Waals surface area contributed by atoms with E-state index in [0.29, 0.717) is 43.6 Å². The van der Waals surface area contributed by atoms with Gasteiger partial charge in [0.05, 0.1) is 16.8 Å². The number of anilines is 1. The second kappa shape index (κ2) is 11.8. The molecular formula is C33H29Cl3N2O3. The summed E-state index contributed by atoms with van der Waals surface area (Å²) in [5.41, 5.74) is 5.19. The van der Waals surface area contributed by atoms with Gasteiger partial charge in [0.1, 0.15) is 0 Å². The van der Waals surface area contributed by atoms with E-state index in [0.717, 1.165) is 28.8 Å². The van der Waals surface area contributed by atoms with Gasteiger partial charge in [0, 0.05) is 26.1 Å². The average Bonchev–Trinajstić information content (AvgIpc) is 2.90. The van der Waals surface area contributed by atoms with E-state index in [9.17, 15) is 9.59 Å². The molecule has 0 spiro atoms. The van der Waals surface area contributed by atoms with Gasteiger partial charge in [0.2, 0.25) is 0 Å². The molecule has 1 aliphatic rings. The third-order valence-corrected chi connectivity index (χ3v) is 8.02. The van der Waals surface area contributed by atoms with Crippen molar-refractivity contribution in [3.63, 3.8) is 0 Å². The minimum Gasteiger partial charge on any atom is -0.452 e. The van der Waals surface area contributed by atoms with E-state index in [1.54, 1.807) is 18.2 Å². The minimum absolute atomic E-state index is 0.0261. The Morgan fingerprint density at radius 3 is 2.32 bits per heavy atom. The quantitative estimate of drug-likeness (QED) is 0.230. The summed E-state index contributed by atoms with van der Waals surface area (Å²) in [6, 6.07) is 19.9. The number of nitrogens with one attached hydrogen (secondary N) is 1. The van der Waals surface area contributed by atoms with Gasteiger partial charge in [0.25, 0.3) is 5.91 Å². The van der Waals surface area contributed by atoms with Crippen molar-refractivity contribution in [2.45, 2.75) is 33.6 Å². The summed E-state index contributed by atoms with van der Waals surface area (Å²) in [5.74, 6) is -0.821. The SMILES string of the molecule is CC(C)(C)[C@H]1C/C(=C\c2ccc(Cl)cc2)c2nc3ccccc3c(C(=O)OCC(=O)Nc3cc(Cl)cc(Cl)c3)c2C1. The van der Waals surface area contributed by atoms with Crippen LogP contribution < -0.4 is 5.32 Å². The summed E-state index contributed by atoms with van der Waals surface area (Å²) in [7, 11) is 0. The molecule has 1 N–H and O–H groups in total. The predicted octanol–water partition coefficient (Wildman–Crippen LogP) is 9.14. The van der Waals surface area contributed by atoms with Crippen LogP contribution in [0.25, 0.3) is 22.6 Å². The summed E-state index contributed by atoms with van der Waals surface area (Å²) in [4.78, 5) is 31.5. The zero-order valence-corrected chi connectivity index (χ0v) is 25.2. The average molecular weight is 608 g/mol. The molecule has 0 unspecified atom stereocenters. The fraction of sp³-hybridized carbons (Fsp3) is 0.242. The normalized spacial score (nSPS) is 16.0. The first kappa shape index (κ1) is 29.1. The lowest BCUT2D eigenvalue weighted by molar-refractivity contribution is -0.119. The molecule has 0 saturated heterocycles. The first-order chi connectivity index (χ1) is 19.5. The van der Waals surface area contributed by atoms with Crippen molar-refractivity contribution in [1.82, 2.24) is 4.98 Å². The molecule has 4 aromatic rings. The number of para-hydroxylation sites is 1. The maximum Gasteiger partial charge on any atom is 0.339 e. The highest BCUT2D eigenvalue weighted by atomic mass is 35.5. The Kier molecular flexibility index (Phi) is 8.42. The van der Waals surface area contributed by atoms with Crippen molar-refractivity contribution in [2.24, 2.45) is 11.3 Å². The van der Waals surface area contributed by atoms with Crippen molar-refractivity contribution in [1.29, 1.82) is 0 Å². The first-order valence-electron chi connectivity index (χ1n) is 13.3. The monoisotopic (exact) mass is 606 g/mol. The Balaban J connectivity index is 1.53. The number of pyridine rings is 1. The van der Waals surface area contributed by atoms with Gasteiger partial charge in [-0.1, -0.05) is 85.9 Å². The summed E-state index contributed by atoms with van der Waals surface area (Å²) >= 11 is 18.2. The highest BCUT2D eigenvalue weighted by Gasteiger charge is 2.35. The topological polar surface area (TPSA) is 68.3 Å². The third kappa shape index (κ3) is 6.75. The fourth-order valence-electron chi connectivity index (χ4n) is 5.16. The number of hydrogen-bond acceptors (Lipinski definition) is 4. The molecule has 0 radical (unpaired) electrons. The number of allylic oxidation sites excluding steroid dienone is 1. The Bertz CT molecular complexity index is 1650. The number of ether oxygens (including phenoxy) is 1. The maximum absolute atomic E-state index is 13.7. The summed E-state index contributed by atoms with van der Waals surface area (Å²) in [6.45, 7) is 6.16. The number of halogens is 3. The van der Waals surface area contributed by atoms with Gasteiger partial charge in [-0.05, 0) is 83.3 Å². The van der Waals surface area contributed by atoms with E-state index in [4.69, 9.17) is 44.5 Å². The molecule has 0 saturated carbocycles. The minimum atomic E-state index is -0.570. The van der Waals surface area contributed by atoms with Gasteiger partial charge in [-0.3, -0.25) is 4.79 Å². The van der Waals surface area contributed by atoms with Gasteiger partial charge in [-0.2, -0.15) is 0 Å². The van der Waals surface area contributed by atoms with Crippen molar-refractivity contribution in [2.75, 3.05) is 11.9 Å². The number of esters is 1. The molecule has 0 bridgehead atoms. The Morgan fingerprint density at radius 2 is 1.63 bits per heavy atom. The van der Waals surface area contributed by atoms with E-state index in [2.05, 4.69) is 32.2 Å². The molecule has 5 rings (SSSR count). The Hall–Kier alpha value is -3.38. The number of rotatable bonds is 5. The zero-order chi connectivity index (χ0) is 29.3. The number of nitrogens with zero attached hydrogens (tertiary/aromatic N) is 1. The van der Waals surface area contributed by atoms with Crippen LogP contribution >= 0.6 is 34.8 Å². The third-order valence-electron chi connectivity index (χ3n) is 7.33. The van der Waals surface area contributed by atoms with Crippen LogP contribution in [0, 0.1) is 11.3 Å². The lowest BCUT2D eigenvalue weighted by Gasteiger charge is -2.36. The number of carbonyl (C=O) groups is 2. The number of aromatic nitrogens is 1. The van der Waals surface area contributed by atoms with Crippen molar-refractivity contribution < 1.29 is 14.3 Å². The molecule has 1 atom stereocenters. The van der Waals surface area contributed by atoms with E-state index >= 15 is 0 Å². The second-order valence-electron chi connectivity index (χ2n) is 11.3. The van der Waals surface area contributed by atoms with E-state index in [1.165, 1.54) is 0 Å². The highest BCUT2D eigenvalue weighted by Crippen LogP contribution is 2.45. The van der Waals surface area contributed by atoms with Crippen LogP contribution in [0.3, 0.4) is 0 Å². The molecule has 41 heavy (non-hydrogen) atoms. The van der Waals surface area contributed by atoms with Gasteiger partial charge >= 0.3 is 5.97 Å². The zero-order valence-electron chi connectivity index (χ0n) is 22.9. The van der Waals surface area contributed by atoms with Crippen LogP contribution in [0.5, 0.6) is 0 Å². The molecule has 0 aliphatic heterocycles. The Labute approximate surface area is 254 Å². The summed E-state index contributed by atoms with van der Waals surface area (Å²) in [6.07, 6.45) is 3.59. The number of benzene rings is 3. The van der Waals surface area contributed by atoms with Crippen LogP contribution in [0.1, 0.15) is 54.4 Å². The molecule has 1 aromatic heterocycles. The van der Waals surface area contributed by atoms with E-state index < -0.39 is 18.5 Å². The van der Waals surface area contributed by atoms with Crippen molar-refractivity contribution >= 4 is 74.9 Å². The fourth-order valence-corrected chi connectivity index (χ4v) is 5.81. The largest absolute Gasteiger partial charge is 0.452 e. The van der Waals surface area contributed by atoms with Crippen LogP contribution in [-0.2, 0) is 16.0 Å². The van der Waals surface area contributed by atoms with Crippen LogP contribution in [0.15, 0.2) is 66.7 Å². The Morgan fingerprint density at radius 1 is 0.951 bits per heavy atom. The molecule has 210 valence electrons. The van der Waals surface area contributed by atoms with E-state index in [1.807, 2.05) is 48.5 Å². The number of fused-ring (bicyclic) bond motifs is 2. The molecule has 8 heteroatoms. The van der Waals surface area contributed by atoms with Crippen molar-refractivity contribution in [3.05, 3.63) is 104 Å². The molecular weight excluding hydrogens is 579 g/mol. The molecule has 5 nitrogen and oxygen atoms in total. The molecule has 3 aromatic carbocycles. The second-order valence-corrected chi connectivity index (χ2v) is 12.6. The number of carbonyl (C=O) groups excluding carboxylic acids is 2. The van der Waals surface area contributed by atoms with Crippen LogP contribution in [0.4, 0.5) is 5.69 Å². The molecule has 1 heterocycles. The van der Waals surface area contributed by atoms with Gasteiger partial charge < -0.3 is 10.1 Å². The van der Waals surface area contributed by atoms with Crippen LogP contribution in [-0.4, -0.2) is 23.5 Å². The number of hydrogen-bond donors (Lipinski definition) is 1. The van der Waals surface area contributed by atoms with Gasteiger partial charge in [-0.15, -0.1) is 0 Å². The van der Waals surface area contributed by atoms with Gasteiger partial charge in [-0.25, -0.2) is 9.78 Å². The van der Waals surface area contributed by atoms with Crippen LogP contribution in [0.2, 0.25) is 15.1 Å². The summed E-state index contributed by atoms with van der Waals surface area (Å²) in [5, 5.41) is 4.81. The summed E-state index contributed by atoms with van der Waals surface area (Å²) < 4.78 is 5.61. The molecule has 1 aliphatic carbocycles. The lowest BCUT2D eigenvalue weighted by atomic mass is 9.69. The smallest absolute Gasteiger partial charge is 0.339 e. The van der Waals surface area contributed by atoms with Gasteiger partial charge in [0.15, 0.2) is 6.61 Å².